The average molecular weight is 520 g/mol. The SMILES string of the molecule is CC(C)C[C@H](NC(=O)CNC(=O)[C@H](CCCCN)NC(=O)C(C)(C)Cc1ccccc1)C(N)=O.CCC. The molecule has 0 aromatic heterocycles. The molecular formula is C28H49N5O4. The number of primary amides is 1. The number of rotatable bonds is 15. The van der Waals surface area contributed by atoms with E-state index in [2.05, 4.69) is 29.8 Å². The van der Waals surface area contributed by atoms with Crippen LogP contribution in [0.1, 0.15) is 79.2 Å². The number of amides is 4. The summed E-state index contributed by atoms with van der Waals surface area (Å²) in [7, 11) is 0. The number of carbonyl (C=O) groups is 4. The number of nitrogens with two attached hydrogens (primary N) is 2. The summed E-state index contributed by atoms with van der Waals surface area (Å²) in [6.07, 6.45) is 3.93. The molecule has 0 spiro atoms. The molecule has 9 heteroatoms. The first-order chi connectivity index (χ1) is 17.4. The molecule has 37 heavy (non-hydrogen) atoms. The highest BCUT2D eigenvalue weighted by atomic mass is 16.2. The quantitative estimate of drug-likeness (QED) is 0.225. The topological polar surface area (TPSA) is 156 Å². The molecule has 0 radical (unpaired) electrons. The standard InChI is InChI=1S/C25H41N5O4.C3H8/c1-17(2)14-20(22(27)32)29-21(31)16-28-23(33)19(12-8-9-13-26)30-24(34)25(3,4)15-18-10-6-5-7-11-18;1-3-2/h5-7,10-11,17,19-20H,8-9,12-16,26H2,1-4H3,(H2,27,32)(H,28,33)(H,29,31)(H,30,34);3H2,1-2H3/t19-,20-;/m0./s1. The van der Waals surface area contributed by atoms with Crippen molar-refractivity contribution in [2.45, 2.75) is 92.2 Å². The maximum absolute atomic E-state index is 13.0. The molecule has 0 heterocycles. The largest absolute Gasteiger partial charge is 0.368 e. The summed E-state index contributed by atoms with van der Waals surface area (Å²) in [6.45, 7) is 11.9. The molecule has 0 unspecified atom stereocenters. The van der Waals surface area contributed by atoms with Crippen LogP contribution in [0.3, 0.4) is 0 Å². The lowest BCUT2D eigenvalue weighted by molar-refractivity contribution is -0.134. The van der Waals surface area contributed by atoms with E-state index >= 15 is 0 Å². The highest BCUT2D eigenvalue weighted by molar-refractivity contribution is 5.93. The van der Waals surface area contributed by atoms with E-state index in [1.807, 2.05) is 58.0 Å². The number of carbonyl (C=O) groups excluding carboxylic acids is 4. The van der Waals surface area contributed by atoms with E-state index in [0.29, 0.717) is 38.6 Å². The Kier molecular flexibility index (Phi) is 16.9. The highest BCUT2D eigenvalue weighted by Crippen LogP contribution is 2.22. The van der Waals surface area contributed by atoms with Crippen LogP contribution in [-0.4, -0.2) is 48.8 Å². The van der Waals surface area contributed by atoms with E-state index in [-0.39, 0.29) is 18.4 Å². The van der Waals surface area contributed by atoms with Gasteiger partial charge in [-0.05, 0) is 50.1 Å². The summed E-state index contributed by atoms with van der Waals surface area (Å²) in [4.78, 5) is 49.7. The number of hydrogen-bond acceptors (Lipinski definition) is 5. The summed E-state index contributed by atoms with van der Waals surface area (Å²) in [5, 5.41) is 7.97. The summed E-state index contributed by atoms with van der Waals surface area (Å²) < 4.78 is 0. The third-order valence-electron chi connectivity index (χ3n) is 5.48. The fourth-order valence-corrected chi connectivity index (χ4v) is 3.56. The van der Waals surface area contributed by atoms with Gasteiger partial charge in [0.15, 0.2) is 0 Å². The Morgan fingerprint density at radius 3 is 2.05 bits per heavy atom. The average Bonchev–Trinajstić information content (AvgIpc) is 2.82. The van der Waals surface area contributed by atoms with Crippen LogP contribution in [-0.2, 0) is 25.6 Å². The van der Waals surface area contributed by atoms with Gasteiger partial charge in [-0.15, -0.1) is 0 Å². The number of hydrogen-bond donors (Lipinski definition) is 5. The first kappa shape index (κ1) is 34.1. The molecule has 210 valence electrons. The second-order valence-corrected chi connectivity index (χ2v) is 10.4. The molecule has 7 N–H and O–H groups in total. The van der Waals surface area contributed by atoms with E-state index < -0.39 is 35.2 Å². The Labute approximate surface area is 222 Å². The molecule has 0 aliphatic carbocycles. The predicted molar refractivity (Wildman–Crippen MR) is 148 cm³/mol. The molecule has 2 atom stereocenters. The predicted octanol–water partition coefficient (Wildman–Crippen LogP) is 2.42. The van der Waals surface area contributed by atoms with E-state index in [1.54, 1.807) is 0 Å². The molecule has 1 aromatic rings. The Balaban J connectivity index is 0.00000410. The van der Waals surface area contributed by atoms with Crippen molar-refractivity contribution in [2.24, 2.45) is 22.8 Å². The maximum atomic E-state index is 13.0. The zero-order valence-corrected chi connectivity index (χ0v) is 23.6. The molecule has 9 nitrogen and oxygen atoms in total. The van der Waals surface area contributed by atoms with Crippen LogP contribution in [0.4, 0.5) is 0 Å². The lowest BCUT2D eigenvalue weighted by Gasteiger charge is -2.27. The van der Waals surface area contributed by atoms with Gasteiger partial charge in [0, 0.05) is 5.41 Å². The molecule has 0 aliphatic heterocycles. The number of benzene rings is 1. The molecule has 1 rings (SSSR count). The molecule has 1 aromatic carbocycles. The van der Waals surface area contributed by atoms with Gasteiger partial charge in [-0.25, -0.2) is 0 Å². The van der Waals surface area contributed by atoms with Crippen molar-refractivity contribution < 1.29 is 19.2 Å². The minimum atomic E-state index is -0.803. The highest BCUT2D eigenvalue weighted by Gasteiger charge is 2.31. The van der Waals surface area contributed by atoms with Crippen molar-refractivity contribution in [1.29, 1.82) is 0 Å². The zero-order chi connectivity index (χ0) is 28.4. The third kappa shape index (κ3) is 15.0. The van der Waals surface area contributed by atoms with Crippen molar-refractivity contribution in [1.82, 2.24) is 16.0 Å². The summed E-state index contributed by atoms with van der Waals surface area (Å²) in [5.41, 5.74) is 11.2. The summed E-state index contributed by atoms with van der Waals surface area (Å²) >= 11 is 0. The van der Waals surface area contributed by atoms with Gasteiger partial charge in [-0.2, -0.15) is 0 Å². The van der Waals surface area contributed by atoms with Crippen molar-refractivity contribution in [2.75, 3.05) is 13.1 Å². The van der Waals surface area contributed by atoms with Gasteiger partial charge in [0.05, 0.1) is 6.54 Å². The van der Waals surface area contributed by atoms with E-state index in [9.17, 15) is 19.2 Å². The minimum Gasteiger partial charge on any atom is -0.368 e. The van der Waals surface area contributed by atoms with Gasteiger partial charge >= 0.3 is 0 Å². The Hall–Kier alpha value is -2.94. The molecule has 0 bridgehead atoms. The Morgan fingerprint density at radius 1 is 0.946 bits per heavy atom. The van der Waals surface area contributed by atoms with Crippen LogP contribution >= 0.6 is 0 Å². The zero-order valence-electron chi connectivity index (χ0n) is 23.6. The summed E-state index contributed by atoms with van der Waals surface area (Å²) in [6, 6.07) is 8.06. The first-order valence-electron chi connectivity index (χ1n) is 13.3. The number of unbranched alkanes of at least 4 members (excludes halogenated alkanes) is 1. The molecule has 0 saturated heterocycles. The lowest BCUT2D eigenvalue weighted by Crippen LogP contribution is -2.53. The van der Waals surface area contributed by atoms with Crippen molar-refractivity contribution in [3.8, 4) is 0 Å². The van der Waals surface area contributed by atoms with Gasteiger partial charge < -0.3 is 27.4 Å². The fraction of sp³-hybridized carbons (Fsp3) is 0.643. The summed E-state index contributed by atoms with van der Waals surface area (Å²) in [5.74, 6) is -1.70. The number of nitrogens with one attached hydrogen (secondary N) is 3. The van der Waals surface area contributed by atoms with Crippen molar-refractivity contribution >= 4 is 23.6 Å². The van der Waals surface area contributed by atoms with E-state index in [4.69, 9.17) is 11.5 Å². The lowest BCUT2D eigenvalue weighted by atomic mass is 9.84. The monoisotopic (exact) mass is 519 g/mol. The Bertz CT molecular complexity index is 827. The smallest absolute Gasteiger partial charge is 0.243 e. The van der Waals surface area contributed by atoms with E-state index in [1.165, 1.54) is 6.42 Å². The molecule has 0 saturated carbocycles. The minimum absolute atomic E-state index is 0.161. The molecule has 0 aliphatic rings. The van der Waals surface area contributed by atoms with Gasteiger partial charge in [0.1, 0.15) is 12.1 Å². The van der Waals surface area contributed by atoms with Crippen LogP contribution in [0.15, 0.2) is 30.3 Å². The second-order valence-electron chi connectivity index (χ2n) is 10.4. The molecular weight excluding hydrogens is 470 g/mol. The second kappa shape index (κ2) is 18.3. The normalized spacial score (nSPS) is 12.5. The van der Waals surface area contributed by atoms with Crippen LogP contribution in [0.5, 0.6) is 0 Å². The third-order valence-corrected chi connectivity index (χ3v) is 5.48. The van der Waals surface area contributed by atoms with Crippen molar-refractivity contribution in [3.63, 3.8) is 0 Å². The van der Waals surface area contributed by atoms with Crippen LogP contribution in [0.25, 0.3) is 0 Å². The van der Waals surface area contributed by atoms with Gasteiger partial charge in [0.2, 0.25) is 23.6 Å². The van der Waals surface area contributed by atoms with Gasteiger partial charge in [-0.1, -0.05) is 78.3 Å². The van der Waals surface area contributed by atoms with Crippen molar-refractivity contribution in [3.05, 3.63) is 35.9 Å². The van der Waals surface area contributed by atoms with Crippen LogP contribution in [0.2, 0.25) is 0 Å². The first-order valence-corrected chi connectivity index (χ1v) is 13.3. The van der Waals surface area contributed by atoms with E-state index in [0.717, 1.165) is 5.56 Å². The Morgan fingerprint density at radius 2 is 1.54 bits per heavy atom. The van der Waals surface area contributed by atoms with Gasteiger partial charge in [-0.3, -0.25) is 19.2 Å². The fourth-order valence-electron chi connectivity index (χ4n) is 3.56. The van der Waals surface area contributed by atoms with Crippen LogP contribution < -0.4 is 27.4 Å². The molecule has 4 amide bonds. The van der Waals surface area contributed by atoms with Gasteiger partial charge in [0.25, 0.3) is 0 Å². The maximum Gasteiger partial charge on any atom is 0.243 e. The van der Waals surface area contributed by atoms with Crippen LogP contribution in [0, 0.1) is 11.3 Å². The molecule has 0 fully saturated rings.